The summed E-state index contributed by atoms with van der Waals surface area (Å²) in [6, 6.07) is 3.47. The number of rotatable bonds is 9. The van der Waals surface area contributed by atoms with Gasteiger partial charge in [0.05, 0.1) is 12.1 Å². The van der Waals surface area contributed by atoms with E-state index in [1.807, 2.05) is 6.92 Å². The number of aromatic nitrogens is 1. The molecule has 8 nitrogen and oxygen atoms in total. The highest BCUT2D eigenvalue weighted by Crippen LogP contribution is 2.02. The highest BCUT2D eigenvalue weighted by molar-refractivity contribution is 5.93. The van der Waals surface area contributed by atoms with E-state index in [-0.39, 0.29) is 18.5 Å². The molecule has 0 aliphatic heterocycles. The summed E-state index contributed by atoms with van der Waals surface area (Å²) >= 11 is 0. The number of hydrogen-bond donors (Lipinski definition) is 2. The molecule has 1 unspecified atom stereocenters. The van der Waals surface area contributed by atoms with Crippen LogP contribution in [-0.4, -0.2) is 36.0 Å². The molecule has 0 saturated carbocycles. The highest BCUT2D eigenvalue weighted by Gasteiger charge is 2.06. The third-order valence-corrected chi connectivity index (χ3v) is 2.90. The zero-order valence-electron chi connectivity index (χ0n) is 12.3. The van der Waals surface area contributed by atoms with Crippen molar-refractivity contribution in [3.05, 3.63) is 46.1 Å². The number of carbonyl (C=O) groups is 1. The van der Waals surface area contributed by atoms with Crippen molar-refractivity contribution in [3.63, 3.8) is 0 Å². The predicted octanol–water partition coefficient (Wildman–Crippen LogP) is 1.38. The summed E-state index contributed by atoms with van der Waals surface area (Å²) in [6.45, 7) is 3.11. The average molecular weight is 302 g/mol. The highest BCUT2D eigenvalue weighted by atomic mass is 16.1. The number of nitrogens with one attached hydrogen (secondary N) is 2. The van der Waals surface area contributed by atoms with E-state index in [9.17, 15) is 9.59 Å². The lowest BCUT2D eigenvalue weighted by Gasteiger charge is -2.12. The summed E-state index contributed by atoms with van der Waals surface area (Å²) in [5.74, 6) is 1.49. The van der Waals surface area contributed by atoms with E-state index in [4.69, 9.17) is 5.53 Å². The van der Waals surface area contributed by atoms with Crippen LogP contribution in [0.5, 0.6) is 0 Å². The van der Waals surface area contributed by atoms with E-state index in [2.05, 4.69) is 25.6 Å². The van der Waals surface area contributed by atoms with Gasteiger partial charge >= 0.3 is 0 Å². The Morgan fingerprint density at radius 3 is 3.05 bits per heavy atom. The first-order valence-electron chi connectivity index (χ1n) is 6.84. The molecule has 0 aliphatic rings. The van der Waals surface area contributed by atoms with E-state index in [0.717, 1.165) is 6.42 Å². The van der Waals surface area contributed by atoms with Gasteiger partial charge in [-0.15, -0.1) is 0 Å². The van der Waals surface area contributed by atoms with Crippen LogP contribution in [0.4, 0.5) is 0 Å². The molecule has 1 rings (SSSR count). The summed E-state index contributed by atoms with van der Waals surface area (Å²) < 4.78 is 0. The molecule has 1 amide bonds. The topological polar surface area (TPSA) is 120 Å². The monoisotopic (exact) mass is 302 g/mol. The van der Waals surface area contributed by atoms with Crippen LogP contribution in [0.2, 0.25) is 0 Å². The molecular formula is C14H18N6O2. The number of nitrogens with zero attached hydrogens (tertiary/aromatic N) is 4. The summed E-state index contributed by atoms with van der Waals surface area (Å²) in [4.78, 5) is 28.6. The molecule has 0 radical (unpaired) electrons. The first-order valence-corrected chi connectivity index (χ1v) is 6.84. The minimum absolute atomic E-state index is 0.164. The molecule has 22 heavy (non-hydrogen) atoms. The largest absolute Gasteiger partial charge is 0.352 e. The normalized spacial score (nSPS) is 11.0. The van der Waals surface area contributed by atoms with Crippen molar-refractivity contribution in [1.29, 1.82) is 0 Å². The van der Waals surface area contributed by atoms with Gasteiger partial charge < -0.3 is 10.6 Å². The second kappa shape index (κ2) is 10.1. The fourth-order valence-electron chi connectivity index (χ4n) is 1.66. The van der Waals surface area contributed by atoms with Crippen LogP contribution in [0, 0.1) is 0 Å². The fourth-order valence-corrected chi connectivity index (χ4v) is 1.66. The molecule has 1 heterocycles. The standard InChI is InChI=1S/C14H18N6O2/c1-11(16-6-2-8-21)5-7-17-14(22)12-3-4-13(18-9-12)10-19-20-15/h2-4,9,11,16H,5-7,10H2,1H3,(H,17,22). The number of hydrogen-bond acceptors (Lipinski definition) is 5. The van der Waals surface area contributed by atoms with Crippen LogP contribution < -0.4 is 10.6 Å². The van der Waals surface area contributed by atoms with Gasteiger partial charge in [-0.05, 0) is 31.0 Å². The molecule has 0 aliphatic carbocycles. The third-order valence-electron chi connectivity index (χ3n) is 2.90. The van der Waals surface area contributed by atoms with E-state index in [1.54, 1.807) is 18.1 Å². The molecule has 0 saturated heterocycles. The SMILES string of the molecule is CC(CCNC(=O)c1ccc(CN=[N+]=[N-])nc1)NCC=C=O. The van der Waals surface area contributed by atoms with Crippen LogP contribution in [0.1, 0.15) is 29.4 Å². The lowest BCUT2D eigenvalue weighted by Crippen LogP contribution is -2.32. The van der Waals surface area contributed by atoms with Gasteiger partial charge in [-0.2, -0.15) is 0 Å². The number of carbonyl (C=O) groups excluding carboxylic acids is 2. The summed E-state index contributed by atoms with van der Waals surface area (Å²) in [5.41, 5.74) is 9.28. The second-order valence-corrected chi connectivity index (χ2v) is 4.60. The van der Waals surface area contributed by atoms with Crippen molar-refractivity contribution in [3.8, 4) is 0 Å². The fraction of sp³-hybridized carbons (Fsp3) is 0.429. The molecule has 0 spiro atoms. The van der Waals surface area contributed by atoms with Gasteiger partial charge in [0.15, 0.2) is 0 Å². The molecule has 1 atom stereocenters. The smallest absolute Gasteiger partial charge is 0.252 e. The predicted molar refractivity (Wildman–Crippen MR) is 81.8 cm³/mol. The van der Waals surface area contributed by atoms with Gasteiger partial charge in [0, 0.05) is 42.0 Å². The maximum atomic E-state index is 11.9. The van der Waals surface area contributed by atoms with Crippen LogP contribution in [0.25, 0.3) is 10.4 Å². The molecule has 116 valence electrons. The van der Waals surface area contributed by atoms with Gasteiger partial charge in [-0.3, -0.25) is 9.78 Å². The van der Waals surface area contributed by atoms with Gasteiger partial charge in [0.25, 0.3) is 5.91 Å². The number of pyridine rings is 1. The van der Waals surface area contributed by atoms with Crippen molar-refractivity contribution in [2.24, 2.45) is 5.11 Å². The van der Waals surface area contributed by atoms with Gasteiger partial charge in [0.2, 0.25) is 0 Å². The summed E-state index contributed by atoms with van der Waals surface area (Å²) in [7, 11) is 0. The third kappa shape index (κ3) is 6.67. The Balaban J connectivity index is 2.35. The second-order valence-electron chi connectivity index (χ2n) is 4.60. The lowest BCUT2D eigenvalue weighted by molar-refractivity contribution is 0.0952. The zero-order valence-corrected chi connectivity index (χ0v) is 12.3. The Morgan fingerprint density at radius 1 is 1.59 bits per heavy atom. The minimum Gasteiger partial charge on any atom is -0.352 e. The van der Waals surface area contributed by atoms with Crippen molar-refractivity contribution >= 4 is 11.8 Å². The van der Waals surface area contributed by atoms with Crippen LogP contribution in [-0.2, 0) is 11.3 Å². The molecule has 0 fully saturated rings. The molecular weight excluding hydrogens is 284 g/mol. The van der Waals surface area contributed by atoms with Gasteiger partial charge in [0.1, 0.15) is 5.94 Å². The Hall–Kier alpha value is -2.66. The van der Waals surface area contributed by atoms with E-state index in [1.165, 1.54) is 12.3 Å². The zero-order chi connectivity index (χ0) is 16.2. The van der Waals surface area contributed by atoms with Crippen LogP contribution in [0.3, 0.4) is 0 Å². The first kappa shape index (κ1) is 17.4. The van der Waals surface area contributed by atoms with Gasteiger partial charge in [-0.1, -0.05) is 5.11 Å². The first-order chi connectivity index (χ1) is 10.7. The van der Waals surface area contributed by atoms with Crippen LogP contribution in [0.15, 0.2) is 29.5 Å². The van der Waals surface area contributed by atoms with E-state index < -0.39 is 0 Å². The Morgan fingerprint density at radius 2 is 2.41 bits per heavy atom. The van der Waals surface area contributed by atoms with E-state index >= 15 is 0 Å². The number of amides is 1. The maximum Gasteiger partial charge on any atom is 0.252 e. The molecule has 0 bridgehead atoms. The van der Waals surface area contributed by atoms with Crippen LogP contribution >= 0.6 is 0 Å². The minimum atomic E-state index is -0.206. The molecule has 0 aromatic carbocycles. The van der Waals surface area contributed by atoms with Crippen molar-refractivity contribution < 1.29 is 9.59 Å². The average Bonchev–Trinajstić information content (AvgIpc) is 2.53. The van der Waals surface area contributed by atoms with E-state index in [0.29, 0.717) is 24.3 Å². The Kier molecular flexibility index (Phi) is 8.00. The molecule has 1 aromatic rings. The summed E-state index contributed by atoms with van der Waals surface area (Å²) in [6.07, 6.45) is 3.56. The molecule has 8 heteroatoms. The van der Waals surface area contributed by atoms with Crippen molar-refractivity contribution in [1.82, 2.24) is 15.6 Å². The lowest BCUT2D eigenvalue weighted by atomic mass is 10.2. The molecule has 1 aromatic heterocycles. The Bertz CT molecular complexity index is 574. The number of azide groups is 1. The Labute approximate surface area is 128 Å². The van der Waals surface area contributed by atoms with Gasteiger partial charge in [-0.25, -0.2) is 4.79 Å². The van der Waals surface area contributed by atoms with Crippen molar-refractivity contribution in [2.75, 3.05) is 13.1 Å². The summed E-state index contributed by atoms with van der Waals surface area (Å²) in [5, 5.41) is 9.30. The maximum absolute atomic E-state index is 11.9. The molecule has 2 N–H and O–H groups in total. The van der Waals surface area contributed by atoms with Crippen molar-refractivity contribution in [2.45, 2.75) is 25.9 Å². The quantitative estimate of drug-likeness (QED) is 0.310.